The van der Waals surface area contributed by atoms with Crippen LogP contribution in [-0.2, 0) is 9.59 Å². The fourth-order valence-corrected chi connectivity index (χ4v) is 5.26. The average Bonchev–Trinajstić information content (AvgIpc) is 2.96. The predicted octanol–water partition coefficient (Wildman–Crippen LogP) is 5.50. The Kier molecular flexibility index (Phi) is 14.0. The molecule has 1 fully saturated rings. The van der Waals surface area contributed by atoms with Crippen LogP contribution in [0.2, 0.25) is 0 Å². The topological polar surface area (TPSA) is 102 Å². The molecule has 208 valence electrons. The normalized spacial score (nSPS) is 14.8. The number of primary amides is 1. The standard InChI is InChI=1S/C22H35NO2.C9H10N2O2/c1-4-16-23(22(24)20-11-13-21(25-3)14-12-20)17-15-18(5-2)19-9-7-6-8-10-19;10-9(13)8(11-6-12)7-4-2-1-3-5-7/h11-14,18-19H,4-10,15-17H2,1-3H3;1-6,8H,(H2,10,13)(H,11,12). The van der Waals surface area contributed by atoms with Gasteiger partial charge in [-0.15, -0.1) is 0 Å². The van der Waals surface area contributed by atoms with Crippen molar-refractivity contribution in [1.82, 2.24) is 10.2 Å². The smallest absolute Gasteiger partial charge is 0.253 e. The van der Waals surface area contributed by atoms with Gasteiger partial charge >= 0.3 is 0 Å². The van der Waals surface area contributed by atoms with E-state index in [0.29, 0.717) is 12.0 Å². The zero-order valence-electron chi connectivity index (χ0n) is 23.2. The molecule has 3 amide bonds. The van der Waals surface area contributed by atoms with Gasteiger partial charge in [-0.3, -0.25) is 14.4 Å². The fourth-order valence-electron chi connectivity index (χ4n) is 5.26. The van der Waals surface area contributed by atoms with E-state index < -0.39 is 11.9 Å². The molecule has 1 aliphatic carbocycles. The summed E-state index contributed by atoms with van der Waals surface area (Å²) in [7, 11) is 1.65. The van der Waals surface area contributed by atoms with Gasteiger partial charge in [-0.05, 0) is 54.5 Å². The Labute approximate surface area is 228 Å². The highest BCUT2D eigenvalue weighted by Crippen LogP contribution is 2.33. The number of hydrogen-bond acceptors (Lipinski definition) is 4. The number of hydrogen-bond donors (Lipinski definition) is 2. The van der Waals surface area contributed by atoms with Crippen LogP contribution in [0, 0.1) is 11.8 Å². The lowest BCUT2D eigenvalue weighted by atomic mass is 9.77. The van der Waals surface area contributed by atoms with Gasteiger partial charge in [-0.1, -0.05) is 82.7 Å². The van der Waals surface area contributed by atoms with Crippen LogP contribution in [0.25, 0.3) is 0 Å². The van der Waals surface area contributed by atoms with Crippen LogP contribution in [-0.4, -0.2) is 43.3 Å². The maximum absolute atomic E-state index is 12.9. The summed E-state index contributed by atoms with van der Waals surface area (Å²) >= 11 is 0. The number of nitrogens with two attached hydrogens (primary N) is 1. The highest BCUT2D eigenvalue weighted by atomic mass is 16.5. The average molecular weight is 524 g/mol. The van der Waals surface area contributed by atoms with Crippen molar-refractivity contribution in [2.24, 2.45) is 17.6 Å². The largest absolute Gasteiger partial charge is 0.497 e. The molecule has 7 nitrogen and oxygen atoms in total. The summed E-state index contributed by atoms with van der Waals surface area (Å²) < 4.78 is 5.19. The second kappa shape index (κ2) is 17.2. The molecule has 7 heteroatoms. The quantitative estimate of drug-likeness (QED) is 0.338. The zero-order valence-corrected chi connectivity index (χ0v) is 23.2. The van der Waals surface area contributed by atoms with Gasteiger partial charge in [0.15, 0.2) is 0 Å². The van der Waals surface area contributed by atoms with Gasteiger partial charge in [0, 0.05) is 18.7 Å². The van der Waals surface area contributed by atoms with Crippen LogP contribution in [0.5, 0.6) is 5.75 Å². The van der Waals surface area contributed by atoms with E-state index in [0.717, 1.165) is 49.1 Å². The van der Waals surface area contributed by atoms with Crippen molar-refractivity contribution >= 4 is 18.2 Å². The first kappa shape index (κ1) is 30.9. The van der Waals surface area contributed by atoms with E-state index in [1.54, 1.807) is 31.4 Å². The van der Waals surface area contributed by atoms with Gasteiger partial charge in [0.05, 0.1) is 7.11 Å². The van der Waals surface area contributed by atoms with E-state index in [9.17, 15) is 14.4 Å². The summed E-state index contributed by atoms with van der Waals surface area (Å²) in [6.45, 7) is 6.18. The third-order valence-electron chi connectivity index (χ3n) is 7.38. The molecule has 3 N–H and O–H groups in total. The summed E-state index contributed by atoms with van der Waals surface area (Å²) in [5.41, 5.74) is 6.54. The SMILES string of the molecule is CCCN(CCC(CC)C1CCCCC1)C(=O)c1ccc(OC)cc1.NC(=O)C(NC=O)c1ccccc1. The van der Waals surface area contributed by atoms with Crippen molar-refractivity contribution in [1.29, 1.82) is 0 Å². The lowest BCUT2D eigenvalue weighted by molar-refractivity contribution is -0.122. The van der Waals surface area contributed by atoms with Gasteiger partial charge < -0.3 is 20.7 Å². The number of carbonyl (C=O) groups is 3. The number of nitrogens with zero attached hydrogens (tertiary/aromatic N) is 1. The highest BCUT2D eigenvalue weighted by Gasteiger charge is 2.24. The Morgan fingerprint density at radius 2 is 1.68 bits per heavy atom. The van der Waals surface area contributed by atoms with Crippen LogP contribution in [0.1, 0.15) is 87.2 Å². The van der Waals surface area contributed by atoms with Gasteiger partial charge in [0.25, 0.3) is 5.91 Å². The minimum Gasteiger partial charge on any atom is -0.497 e. The number of carbonyl (C=O) groups excluding carboxylic acids is 3. The summed E-state index contributed by atoms with van der Waals surface area (Å²) in [5, 5.41) is 2.34. The van der Waals surface area contributed by atoms with E-state index in [-0.39, 0.29) is 5.91 Å². The van der Waals surface area contributed by atoms with Gasteiger partial charge in [0.1, 0.15) is 11.8 Å². The molecule has 3 rings (SSSR count). The van der Waals surface area contributed by atoms with Crippen molar-refractivity contribution < 1.29 is 19.1 Å². The molecular formula is C31H45N3O4. The van der Waals surface area contributed by atoms with Crippen molar-refractivity contribution in [2.75, 3.05) is 20.2 Å². The van der Waals surface area contributed by atoms with E-state index in [1.807, 2.05) is 35.2 Å². The van der Waals surface area contributed by atoms with Crippen molar-refractivity contribution in [3.63, 3.8) is 0 Å². The summed E-state index contributed by atoms with van der Waals surface area (Å²) in [6.07, 6.45) is 10.8. The highest BCUT2D eigenvalue weighted by molar-refractivity contribution is 5.94. The molecule has 38 heavy (non-hydrogen) atoms. The maximum atomic E-state index is 12.9. The van der Waals surface area contributed by atoms with Crippen molar-refractivity contribution in [3.8, 4) is 5.75 Å². The predicted molar refractivity (Wildman–Crippen MR) is 152 cm³/mol. The first-order valence-electron chi connectivity index (χ1n) is 13.9. The van der Waals surface area contributed by atoms with Crippen LogP contribution in [0.15, 0.2) is 54.6 Å². The molecule has 1 aliphatic rings. The molecule has 0 radical (unpaired) electrons. The first-order valence-corrected chi connectivity index (χ1v) is 13.9. The zero-order chi connectivity index (χ0) is 27.8. The third kappa shape index (κ3) is 9.84. The number of nitrogens with one attached hydrogen (secondary N) is 1. The molecule has 0 aliphatic heterocycles. The minimum atomic E-state index is -0.737. The second-order valence-corrected chi connectivity index (χ2v) is 9.91. The molecule has 0 saturated heterocycles. The van der Waals surface area contributed by atoms with Crippen molar-refractivity contribution in [2.45, 2.75) is 71.3 Å². The van der Waals surface area contributed by atoms with Crippen LogP contribution < -0.4 is 15.8 Å². The molecule has 0 aromatic heterocycles. The Hall–Kier alpha value is -3.35. The van der Waals surface area contributed by atoms with E-state index in [1.165, 1.54) is 38.5 Å². The summed E-state index contributed by atoms with van der Waals surface area (Å²) in [6, 6.07) is 15.6. The van der Waals surface area contributed by atoms with Gasteiger partial charge in [-0.2, -0.15) is 0 Å². The minimum absolute atomic E-state index is 0.156. The monoisotopic (exact) mass is 523 g/mol. The molecule has 0 spiro atoms. The fraction of sp³-hybridized carbons (Fsp3) is 0.516. The molecule has 2 aromatic rings. The van der Waals surface area contributed by atoms with Crippen molar-refractivity contribution in [3.05, 3.63) is 65.7 Å². The van der Waals surface area contributed by atoms with E-state index in [2.05, 4.69) is 19.2 Å². The van der Waals surface area contributed by atoms with E-state index >= 15 is 0 Å². The van der Waals surface area contributed by atoms with Gasteiger partial charge in [-0.25, -0.2) is 0 Å². The number of ether oxygens (including phenoxy) is 1. The molecule has 2 atom stereocenters. The molecular weight excluding hydrogens is 478 g/mol. The summed E-state index contributed by atoms with van der Waals surface area (Å²) in [5.74, 6) is 2.02. The number of amides is 3. The Bertz CT molecular complexity index is 959. The molecule has 0 heterocycles. The molecule has 1 saturated carbocycles. The Balaban J connectivity index is 0.000000328. The summed E-state index contributed by atoms with van der Waals surface area (Å²) in [4.78, 5) is 36.0. The third-order valence-corrected chi connectivity index (χ3v) is 7.38. The second-order valence-electron chi connectivity index (χ2n) is 9.91. The van der Waals surface area contributed by atoms with Gasteiger partial charge in [0.2, 0.25) is 12.3 Å². The maximum Gasteiger partial charge on any atom is 0.253 e. The lowest BCUT2D eigenvalue weighted by Crippen LogP contribution is -2.34. The van der Waals surface area contributed by atoms with Crippen LogP contribution in [0.3, 0.4) is 0 Å². The molecule has 2 unspecified atom stereocenters. The molecule has 2 aromatic carbocycles. The van der Waals surface area contributed by atoms with Crippen LogP contribution in [0.4, 0.5) is 0 Å². The first-order chi connectivity index (χ1) is 18.4. The number of benzene rings is 2. The van der Waals surface area contributed by atoms with E-state index in [4.69, 9.17) is 10.5 Å². The molecule has 0 bridgehead atoms. The Morgan fingerprint density at radius 1 is 1.03 bits per heavy atom. The lowest BCUT2D eigenvalue weighted by Gasteiger charge is -2.32. The number of rotatable bonds is 13. The van der Waals surface area contributed by atoms with Crippen LogP contribution >= 0.6 is 0 Å². The number of methoxy groups -OCH3 is 1. The Morgan fingerprint density at radius 3 is 2.21 bits per heavy atom.